The van der Waals surface area contributed by atoms with Crippen molar-refractivity contribution in [2.24, 2.45) is 0 Å². The Kier molecular flexibility index (Phi) is 2.94. The van der Waals surface area contributed by atoms with Crippen molar-refractivity contribution in [3.8, 4) is 0 Å². The highest BCUT2D eigenvalue weighted by Crippen LogP contribution is 2.20. The Morgan fingerprint density at radius 3 is 2.94 bits per heavy atom. The van der Waals surface area contributed by atoms with Crippen molar-refractivity contribution in [2.45, 2.75) is 19.5 Å². The zero-order valence-electron chi connectivity index (χ0n) is 10.1. The van der Waals surface area contributed by atoms with E-state index in [-0.39, 0.29) is 0 Å². The van der Waals surface area contributed by atoms with Gasteiger partial charge in [-0.1, -0.05) is 30.3 Å². The number of fused-ring (bicyclic) bond motifs is 1. The van der Waals surface area contributed by atoms with Crippen LogP contribution in [0.4, 0.5) is 0 Å². The Morgan fingerprint density at radius 2 is 2.17 bits per heavy atom. The van der Waals surface area contributed by atoms with Crippen LogP contribution in [-0.4, -0.2) is 27.9 Å². The highest BCUT2D eigenvalue weighted by atomic mass is 16.1. The third-order valence-electron chi connectivity index (χ3n) is 3.41. The van der Waals surface area contributed by atoms with Gasteiger partial charge < -0.3 is 0 Å². The van der Waals surface area contributed by atoms with Crippen LogP contribution in [0.25, 0.3) is 0 Å². The molecule has 0 saturated heterocycles. The fourth-order valence-electron chi connectivity index (χ4n) is 2.47. The van der Waals surface area contributed by atoms with E-state index in [1.165, 1.54) is 5.56 Å². The third-order valence-corrected chi connectivity index (χ3v) is 3.41. The lowest BCUT2D eigenvalue weighted by atomic mass is 10.0. The lowest BCUT2D eigenvalue weighted by Gasteiger charge is -2.26. The predicted molar refractivity (Wildman–Crippen MR) is 68.2 cm³/mol. The van der Waals surface area contributed by atoms with Crippen LogP contribution < -0.4 is 0 Å². The molecule has 1 aliphatic rings. The molecule has 2 aromatic rings. The summed E-state index contributed by atoms with van der Waals surface area (Å²) in [6, 6.07) is 10.4. The molecule has 18 heavy (non-hydrogen) atoms. The van der Waals surface area contributed by atoms with Crippen molar-refractivity contribution >= 4 is 6.29 Å². The van der Waals surface area contributed by atoms with Gasteiger partial charge in [-0.2, -0.15) is 5.10 Å². The fraction of sp³-hybridized carbons (Fsp3) is 0.286. The van der Waals surface area contributed by atoms with Crippen LogP contribution >= 0.6 is 0 Å². The van der Waals surface area contributed by atoms with Gasteiger partial charge in [0.1, 0.15) is 5.69 Å². The quantitative estimate of drug-likeness (QED) is 0.833. The van der Waals surface area contributed by atoms with E-state index >= 15 is 0 Å². The number of carbonyl (C=O) groups excluding carboxylic acids is 1. The van der Waals surface area contributed by atoms with Crippen LogP contribution in [0.1, 0.15) is 27.3 Å². The van der Waals surface area contributed by atoms with Gasteiger partial charge in [0.15, 0.2) is 6.29 Å². The monoisotopic (exact) mass is 241 g/mol. The Morgan fingerprint density at radius 1 is 1.33 bits per heavy atom. The second kappa shape index (κ2) is 4.74. The molecule has 0 spiro atoms. The van der Waals surface area contributed by atoms with E-state index < -0.39 is 0 Å². The van der Waals surface area contributed by atoms with E-state index in [0.717, 1.165) is 43.6 Å². The second-order valence-electron chi connectivity index (χ2n) is 4.63. The number of aromatic amines is 1. The smallest absolute Gasteiger partial charge is 0.170 e. The number of nitrogens with one attached hydrogen (secondary N) is 1. The first-order chi connectivity index (χ1) is 8.86. The first kappa shape index (κ1) is 11.2. The first-order valence-electron chi connectivity index (χ1n) is 6.14. The summed E-state index contributed by atoms with van der Waals surface area (Å²) in [4.78, 5) is 13.2. The van der Waals surface area contributed by atoms with Crippen molar-refractivity contribution in [3.05, 3.63) is 52.8 Å². The normalized spacial score (nSPS) is 15.3. The molecule has 1 aliphatic heterocycles. The average molecular weight is 241 g/mol. The van der Waals surface area contributed by atoms with Gasteiger partial charge in [0.25, 0.3) is 0 Å². The maximum Gasteiger partial charge on any atom is 0.170 e. The SMILES string of the molecule is O=Cc1n[nH]c2c1CCN(Cc1ccccc1)C2. The van der Waals surface area contributed by atoms with Crippen LogP contribution in [0, 0.1) is 0 Å². The fourth-order valence-corrected chi connectivity index (χ4v) is 2.47. The molecular formula is C14H15N3O. The van der Waals surface area contributed by atoms with E-state index in [4.69, 9.17) is 0 Å². The largest absolute Gasteiger partial charge is 0.296 e. The van der Waals surface area contributed by atoms with Gasteiger partial charge >= 0.3 is 0 Å². The molecule has 4 nitrogen and oxygen atoms in total. The molecule has 2 heterocycles. The predicted octanol–water partition coefficient (Wildman–Crippen LogP) is 1.78. The van der Waals surface area contributed by atoms with Crippen molar-refractivity contribution in [1.29, 1.82) is 0 Å². The third kappa shape index (κ3) is 2.07. The molecule has 0 saturated carbocycles. The van der Waals surface area contributed by atoms with Crippen molar-refractivity contribution < 1.29 is 4.79 Å². The molecule has 0 aliphatic carbocycles. The highest BCUT2D eigenvalue weighted by molar-refractivity contribution is 5.74. The number of carbonyl (C=O) groups is 1. The topological polar surface area (TPSA) is 49.0 Å². The maximum atomic E-state index is 10.8. The summed E-state index contributed by atoms with van der Waals surface area (Å²) in [6.45, 7) is 2.75. The molecule has 0 unspecified atom stereocenters. The molecule has 1 N–H and O–H groups in total. The second-order valence-corrected chi connectivity index (χ2v) is 4.63. The highest BCUT2D eigenvalue weighted by Gasteiger charge is 2.21. The number of H-pyrrole nitrogens is 1. The van der Waals surface area contributed by atoms with E-state index in [9.17, 15) is 4.79 Å². The average Bonchev–Trinajstić information content (AvgIpc) is 2.82. The summed E-state index contributed by atoms with van der Waals surface area (Å²) in [5, 5.41) is 7.01. The standard InChI is InChI=1S/C14H15N3O/c18-10-14-12-6-7-17(9-13(12)15-16-14)8-11-4-2-1-3-5-11/h1-5,10H,6-9H2,(H,15,16). The molecule has 3 rings (SSSR count). The summed E-state index contributed by atoms with van der Waals surface area (Å²) in [5.74, 6) is 0. The van der Waals surface area contributed by atoms with Gasteiger partial charge in [0, 0.05) is 25.2 Å². The lowest BCUT2D eigenvalue weighted by Crippen LogP contribution is -2.30. The number of hydrogen-bond donors (Lipinski definition) is 1. The number of nitrogens with zero attached hydrogens (tertiary/aromatic N) is 2. The van der Waals surface area contributed by atoms with Gasteiger partial charge in [0.05, 0.1) is 5.69 Å². The number of hydrogen-bond acceptors (Lipinski definition) is 3. The molecule has 0 radical (unpaired) electrons. The Labute approximate surface area is 106 Å². The van der Waals surface area contributed by atoms with Crippen molar-refractivity contribution in [2.75, 3.05) is 6.54 Å². The molecule has 0 bridgehead atoms. The minimum absolute atomic E-state index is 0.573. The lowest BCUT2D eigenvalue weighted by molar-refractivity contribution is 0.111. The maximum absolute atomic E-state index is 10.8. The molecule has 0 atom stereocenters. The van der Waals surface area contributed by atoms with Gasteiger partial charge in [-0.05, 0) is 12.0 Å². The molecule has 92 valence electrons. The molecule has 4 heteroatoms. The van der Waals surface area contributed by atoms with Gasteiger partial charge in [-0.15, -0.1) is 0 Å². The van der Waals surface area contributed by atoms with Crippen LogP contribution in [0.5, 0.6) is 0 Å². The summed E-state index contributed by atoms with van der Waals surface area (Å²) < 4.78 is 0. The van der Waals surface area contributed by atoms with Crippen LogP contribution in [0.15, 0.2) is 30.3 Å². The van der Waals surface area contributed by atoms with E-state index in [0.29, 0.717) is 5.69 Å². The Balaban J connectivity index is 1.73. The zero-order chi connectivity index (χ0) is 12.4. The number of rotatable bonds is 3. The molecular weight excluding hydrogens is 226 g/mol. The summed E-state index contributed by atoms with van der Waals surface area (Å²) in [6.07, 6.45) is 1.73. The van der Waals surface area contributed by atoms with E-state index in [2.05, 4.69) is 39.4 Å². The van der Waals surface area contributed by atoms with Gasteiger partial charge in [-0.25, -0.2) is 0 Å². The minimum Gasteiger partial charge on any atom is -0.296 e. The molecule has 1 aromatic carbocycles. The first-order valence-corrected chi connectivity index (χ1v) is 6.14. The van der Waals surface area contributed by atoms with Crippen LogP contribution in [0.3, 0.4) is 0 Å². The van der Waals surface area contributed by atoms with Gasteiger partial charge in [-0.3, -0.25) is 14.8 Å². The summed E-state index contributed by atoms with van der Waals surface area (Å²) in [7, 11) is 0. The zero-order valence-corrected chi connectivity index (χ0v) is 10.1. The Bertz CT molecular complexity index is 547. The molecule has 0 amide bonds. The number of benzene rings is 1. The van der Waals surface area contributed by atoms with E-state index in [1.54, 1.807) is 0 Å². The van der Waals surface area contributed by atoms with E-state index in [1.807, 2.05) is 6.07 Å². The molecule has 0 fully saturated rings. The van der Waals surface area contributed by atoms with Crippen LogP contribution in [0.2, 0.25) is 0 Å². The minimum atomic E-state index is 0.573. The van der Waals surface area contributed by atoms with Crippen molar-refractivity contribution in [1.82, 2.24) is 15.1 Å². The Hall–Kier alpha value is -1.94. The number of aldehydes is 1. The molecule has 1 aromatic heterocycles. The van der Waals surface area contributed by atoms with Gasteiger partial charge in [0.2, 0.25) is 0 Å². The number of aromatic nitrogens is 2. The summed E-state index contributed by atoms with van der Waals surface area (Å²) >= 11 is 0. The summed E-state index contributed by atoms with van der Waals surface area (Å²) in [5.41, 5.74) is 4.06. The van der Waals surface area contributed by atoms with Crippen LogP contribution in [-0.2, 0) is 19.5 Å². The van der Waals surface area contributed by atoms with Crippen molar-refractivity contribution in [3.63, 3.8) is 0 Å².